The average Bonchev–Trinajstić information content (AvgIpc) is 3.22. The first kappa shape index (κ1) is 22.6. The van der Waals surface area contributed by atoms with Crippen molar-refractivity contribution in [3.63, 3.8) is 0 Å². The number of hydrogen-bond acceptors (Lipinski definition) is 4. The molecular formula is C29H27N3O3. The van der Waals surface area contributed by atoms with Gasteiger partial charge in [-0.1, -0.05) is 62.4 Å². The first-order valence-electron chi connectivity index (χ1n) is 11.9. The minimum atomic E-state index is -0.615. The molecule has 35 heavy (non-hydrogen) atoms. The predicted molar refractivity (Wildman–Crippen MR) is 138 cm³/mol. The van der Waals surface area contributed by atoms with Crippen molar-refractivity contribution >= 4 is 34.3 Å². The summed E-state index contributed by atoms with van der Waals surface area (Å²) in [5.41, 5.74) is 2.97. The van der Waals surface area contributed by atoms with E-state index >= 15 is 0 Å². The average molecular weight is 466 g/mol. The van der Waals surface area contributed by atoms with E-state index in [-0.39, 0.29) is 18.0 Å². The Balaban J connectivity index is 1.44. The molecule has 1 fully saturated rings. The molecule has 0 bridgehead atoms. The molecule has 3 aromatic carbocycles. The summed E-state index contributed by atoms with van der Waals surface area (Å²) in [7, 11) is 0. The van der Waals surface area contributed by atoms with E-state index < -0.39 is 5.60 Å². The fourth-order valence-corrected chi connectivity index (χ4v) is 4.92. The number of nitrogens with one attached hydrogen (secondary N) is 1. The van der Waals surface area contributed by atoms with Gasteiger partial charge in [-0.25, -0.2) is 4.79 Å². The number of para-hydroxylation sites is 1. The van der Waals surface area contributed by atoms with Crippen LogP contribution in [0.15, 0.2) is 91.1 Å². The number of ether oxygens (including phenoxy) is 1. The highest BCUT2D eigenvalue weighted by Crippen LogP contribution is 2.47. The van der Waals surface area contributed by atoms with Gasteiger partial charge in [0.25, 0.3) is 5.91 Å². The number of rotatable bonds is 6. The number of aromatic nitrogens is 1. The van der Waals surface area contributed by atoms with Crippen LogP contribution in [0.1, 0.15) is 48.7 Å². The number of amides is 2. The highest BCUT2D eigenvalue weighted by molar-refractivity contribution is 6.08. The van der Waals surface area contributed by atoms with Gasteiger partial charge < -0.3 is 10.1 Å². The summed E-state index contributed by atoms with van der Waals surface area (Å²) in [4.78, 5) is 32.2. The Hall–Kier alpha value is -4.19. The molecule has 2 amide bonds. The number of benzene rings is 3. The lowest BCUT2D eigenvalue weighted by Gasteiger charge is -2.33. The van der Waals surface area contributed by atoms with Crippen LogP contribution in [0, 0.1) is 0 Å². The van der Waals surface area contributed by atoms with E-state index in [0.717, 1.165) is 16.5 Å². The van der Waals surface area contributed by atoms with Crippen molar-refractivity contribution in [3.8, 4) is 0 Å². The van der Waals surface area contributed by atoms with Crippen LogP contribution < -0.4 is 10.2 Å². The van der Waals surface area contributed by atoms with Gasteiger partial charge >= 0.3 is 6.09 Å². The molecule has 0 radical (unpaired) electrons. The van der Waals surface area contributed by atoms with E-state index in [1.54, 1.807) is 35.4 Å². The zero-order valence-electron chi connectivity index (χ0n) is 19.8. The number of pyridine rings is 1. The molecule has 0 aliphatic carbocycles. The van der Waals surface area contributed by atoms with Gasteiger partial charge in [-0.15, -0.1) is 0 Å². The molecule has 1 saturated heterocycles. The minimum Gasteiger partial charge on any atom is -0.440 e. The Morgan fingerprint density at radius 2 is 1.66 bits per heavy atom. The monoisotopic (exact) mass is 465 g/mol. The summed E-state index contributed by atoms with van der Waals surface area (Å²) < 4.78 is 5.98. The summed E-state index contributed by atoms with van der Waals surface area (Å²) in [6, 6.07) is 26.3. The van der Waals surface area contributed by atoms with E-state index in [4.69, 9.17) is 4.74 Å². The molecule has 176 valence electrons. The van der Waals surface area contributed by atoms with Crippen molar-refractivity contribution in [1.29, 1.82) is 0 Å². The molecule has 2 heterocycles. The Morgan fingerprint density at radius 1 is 0.943 bits per heavy atom. The van der Waals surface area contributed by atoms with Crippen molar-refractivity contribution < 1.29 is 14.3 Å². The largest absolute Gasteiger partial charge is 0.440 e. The maximum absolute atomic E-state index is 13.1. The third-order valence-corrected chi connectivity index (χ3v) is 6.84. The van der Waals surface area contributed by atoms with Crippen LogP contribution in [0.3, 0.4) is 0 Å². The first-order valence-corrected chi connectivity index (χ1v) is 11.9. The van der Waals surface area contributed by atoms with Crippen LogP contribution in [0.5, 0.6) is 0 Å². The van der Waals surface area contributed by atoms with Gasteiger partial charge in [0.1, 0.15) is 11.6 Å². The van der Waals surface area contributed by atoms with Crippen molar-refractivity contribution in [2.75, 3.05) is 10.2 Å². The molecule has 1 unspecified atom stereocenters. The molecule has 4 aromatic rings. The van der Waals surface area contributed by atoms with E-state index in [9.17, 15) is 9.59 Å². The fraction of sp³-hybridized carbons (Fsp3) is 0.207. The van der Waals surface area contributed by atoms with E-state index in [1.165, 1.54) is 0 Å². The Bertz CT molecular complexity index is 1360. The second-order valence-electron chi connectivity index (χ2n) is 8.70. The highest BCUT2D eigenvalue weighted by atomic mass is 16.6. The fourth-order valence-electron chi connectivity index (χ4n) is 4.92. The normalized spacial score (nSPS) is 16.8. The third kappa shape index (κ3) is 4.01. The number of nitrogens with zero attached hydrogens (tertiary/aromatic N) is 2. The van der Waals surface area contributed by atoms with Crippen LogP contribution in [0.4, 0.5) is 16.2 Å². The van der Waals surface area contributed by atoms with E-state index in [0.29, 0.717) is 29.8 Å². The number of fused-ring (bicyclic) bond motifs is 1. The first-order chi connectivity index (χ1) is 17.1. The van der Waals surface area contributed by atoms with Crippen molar-refractivity contribution in [2.24, 2.45) is 0 Å². The lowest BCUT2D eigenvalue weighted by atomic mass is 9.84. The zero-order valence-corrected chi connectivity index (χ0v) is 19.8. The third-order valence-electron chi connectivity index (χ3n) is 6.84. The minimum absolute atomic E-state index is 0.241. The summed E-state index contributed by atoms with van der Waals surface area (Å²) in [6.45, 7) is 4.09. The molecule has 6 heteroatoms. The van der Waals surface area contributed by atoms with Gasteiger partial charge in [0.2, 0.25) is 0 Å². The Morgan fingerprint density at radius 3 is 2.37 bits per heavy atom. The van der Waals surface area contributed by atoms with Crippen LogP contribution in [0.25, 0.3) is 10.9 Å². The second kappa shape index (κ2) is 9.22. The number of hydrogen-bond donors (Lipinski definition) is 1. The van der Waals surface area contributed by atoms with E-state index in [2.05, 4.69) is 10.3 Å². The molecule has 5 rings (SSSR count). The summed E-state index contributed by atoms with van der Waals surface area (Å²) in [5.74, 6) is -0.241. The summed E-state index contributed by atoms with van der Waals surface area (Å²) >= 11 is 0. The van der Waals surface area contributed by atoms with Gasteiger partial charge in [-0.3, -0.25) is 14.7 Å². The molecular weight excluding hydrogens is 438 g/mol. The molecule has 0 saturated carbocycles. The molecule has 6 nitrogen and oxygen atoms in total. The van der Waals surface area contributed by atoms with Gasteiger partial charge in [-0.05, 0) is 54.8 Å². The Kier molecular flexibility index (Phi) is 5.95. The topological polar surface area (TPSA) is 71.5 Å². The smallest absolute Gasteiger partial charge is 0.415 e. The van der Waals surface area contributed by atoms with Crippen LogP contribution in [-0.2, 0) is 4.74 Å². The van der Waals surface area contributed by atoms with Crippen molar-refractivity contribution in [3.05, 3.63) is 102 Å². The predicted octanol–water partition coefficient (Wildman–Crippen LogP) is 6.74. The summed E-state index contributed by atoms with van der Waals surface area (Å²) in [6.07, 6.45) is 2.73. The highest BCUT2D eigenvalue weighted by Gasteiger charge is 2.53. The number of anilines is 2. The number of carbonyl (C=O) groups excluding carboxylic acids is 2. The van der Waals surface area contributed by atoms with Gasteiger partial charge in [0.05, 0.1) is 11.2 Å². The number of cyclic esters (lactones) is 1. The standard InChI is InChI=1S/C29H27N3O3/c1-3-29(4-2)26(21-10-6-5-7-11-21)32(28(34)35-29)23-17-15-22(16-18-23)27(33)31-24-14-8-12-20-13-9-19-30-25(20)24/h5-19,26H,3-4H2,1-2H3,(H,31,33). The second-order valence-corrected chi connectivity index (χ2v) is 8.70. The van der Waals surface area contributed by atoms with E-state index in [1.807, 2.05) is 74.5 Å². The molecule has 1 aromatic heterocycles. The van der Waals surface area contributed by atoms with Gasteiger partial charge in [-0.2, -0.15) is 0 Å². The lowest BCUT2D eigenvalue weighted by molar-refractivity contribution is 0.0291. The number of carbonyl (C=O) groups is 2. The van der Waals surface area contributed by atoms with Gasteiger partial charge in [0, 0.05) is 22.8 Å². The molecule has 1 aliphatic rings. The van der Waals surface area contributed by atoms with Crippen LogP contribution >= 0.6 is 0 Å². The molecule has 1 N–H and O–H groups in total. The lowest BCUT2D eigenvalue weighted by Crippen LogP contribution is -2.37. The maximum atomic E-state index is 13.1. The van der Waals surface area contributed by atoms with Crippen molar-refractivity contribution in [1.82, 2.24) is 4.98 Å². The molecule has 1 atom stereocenters. The van der Waals surface area contributed by atoms with Crippen LogP contribution in [0.2, 0.25) is 0 Å². The van der Waals surface area contributed by atoms with Gasteiger partial charge in [0.15, 0.2) is 0 Å². The maximum Gasteiger partial charge on any atom is 0.415 e. The molecule has 0 spiro atoms. The Labute approximate surface area is 204 Å². The summed E-state index contributed by atoms with van der Waals surface area (Å²) in [5, 5.41) is 3.91. The van der Waals surface area contributed by atoms with Crippen molar-refractivity contribution in [2.45, 2.75) is 38.3 Å². The zero-order chi connectivity index (χ0) is 24.4. The quantitative estimate of drug-likeness (QED) is 0.342. The molecule has 1 aliphatic heterocycles. The SMILES string of the molecule is CCC1(CC)OC(=O)N(c2ccc(C(=O)Nc3cccc4cccnc34)cc2)C1c1ccccc1. The van der Waals surface area contributed by atoms with Crippen LogP contribution in [-0.4, -0.2) is 22.6 Å².